The summed E-state index contributed by atoms with van der Waals surface area (Å²) in [6.45, 7) is 0. The van der Waals surface area contributed by atoms with E-state index in [1.54, 1.807) is 4.72 Å². The molecule has 0 bridgehead atoms. The Morgan fingerprint density at radius 3 is 2.38 bits per heavy atom. The van der Waals surface area contributed by atoms with Gasteiger partial charge in [0.05, 0.1) is 11.3 Å². The lowest BCUT2D eigenvalue weighted by molar-refractivity contribution is -0.139. The van der Waals surface area contributed by atoms with Crippen LogP contribution in [-0.2, 0) is 16.2 Å². The number of benzene rings is 1. The molecule has 0 aliphatic heterocycles. The molecule has 112 valence electrons. The molecule has 1 aromatic heterocycles. The van der Waals surface area contributed by atoms with Crippen molar-refractivity contribution >= 4 is 15.7 Å². The number of anilines is 1. The van der Waals surface area contributed by atoms with Crippen LogP contribution in [0.4, 0.5) is 23.2 Å². The number of aromatic nitrogens is 1. The molecule has 0 saturated carbocycles. The molecule has 0 radical (unpaired) electrons. The van der Waals surface area contributed by atoms with Crippen molar-refractivity contribution in [1.82, 2.24) is 4.98 Å². The molecule has 4 nitrogen and oxygen atoms in total. The summed E-state index contributed by atoms with van der Waals surface area (Å²) >= 11 is 0. The highest BCUT2D eigenvalue weighted by atomic mass is 32.2. The molecule has 0 atom stereocenters. The lowest BCUT2D eigenvalue weighted by atomic mass is 10.2. The number of sulfonamides is 1. The van der Waals surface area contributed by atoms with Crippen molar-refractivity contribution in [2.75, 3.05) is 4.72 Å². The number of rotatable bonds is 3. The van der Waals surface area contributed by atoms with Crippen molar-refractivity contribution in [1.29, 1.82) is 0 Å². The molecule has 0 spiro atoms. The Hall–Kier alpha value is -2.16. The Bertz CT molecular complexity index is 746. The molecule has 1 N–H and O–H groups in total. The predicted molar refractivity (Wildman–Crippen MR) is 66.4 cm³/mol. The molecule has 1 aromatic carbocycles. The number of alkyl halides is 3. The number of halogens is 4. The summed E-state index contributed by atoms with van der Waals surface area (Å²) in [6, 6.07) is 4.85. The van der Waals surface area contributed by atoms with Gasteiger partial charge in [-0.3, -0.25) is 9.71 Å². The maximum absolute atomic E-state index is 13.8. The van der Waals surface area contributed by atoms with Crippen LogP contribution in [0.25, 0.3) is 0 Å². The van der Waals surface area contributed by atoms with Crippen molar-refractivity contribution in [2.45, 2.75) is 11.1 Å². The van der Waals surface area contributed by atoms with Crippen LogP contribution in [0.2, 0.25) is 0 Å². The SMILES string of the molecule is O=S(=O)(Nc1cccc(C(F)(F)F)c1F)c1cccnc1. The van der Waals surface area contributed by atoms with Gasteiger partial charge in [0, 0.05) is 12.4 Å². The van der Waals surface area contributed by atoms with Gasteiger partial charge in [-0.1, -0.05) is 6.07 Å². The smallest absolute Gasteiger partial charge is 0.277 e. The minimum atomic E-state index is -4.92. The lowest BCUT2D eigenvalue weighted by Crippen LogP contribution is -2.16. The molecular formula is C12H8F4N2O2S. The van der Waals surface area contributed by atoms with E-state index in [9.17, 15) is 26.0 Å². The van der Waals surface area contributed by atoms with Gasteiger partial charge in [0.1, 0.15) is 4.90 Å². The minimum absolute atomic E-state index is 0.290. The first-order chi connectivity index (χ1) is 9.72. The van der Waals surface area contributed by atoms with Crippen molar-refractivity contribution in [3.8, 4) is 0 Å². The first kappa shape index (κ1) is 15.2. The zero-order valence-electron chi connectivity index (χ0n) is 10.2. The number of hydrogen-bond acceptors (Lipinski definition) is 3. The molecule has 2 rings (SSSR count). The van der Waals surface area contributed by atoms with Crippen LogP contribution < -0.4 is 4.72 Å². The summed E-state index contributed by atoms with van der Waals surface area (Å²) in [7, 11) is -4.22. The van der Waals surface area contributed by atoms with E-state index in [0.717, 1.165) is 18.3 Å². The fourth-order valence-electron chi connectivity index (χ4n) is 1.54. The molecule has 0 unspecified atom stereocenters. The first-order valence-electron chi connectivity index (χ1n) is 5.50. The largest absolute Gasteiger partial charge is 0.419 e. The van der Waals surface area contributed by atoms with Gasteiger partial charge in [-0.25, -0.2) is 12.8 Å². The van der Waals surface area contributed by atoms with Crippen molar-refractivity contribution in [3.63, 3.8) is 0 Å². The highest BCUT2D eigenvalue weighted by Crippen LogP contribution is 2.34. The normalized spacial score (nSPS) is 12.2. The van der Waals surface area contributed by atoms with Gasteiger partial charge < -0.3 is 0 Å². The molecule has 0 aliphatic rings. The minimum Gasteiger partial charge on any atom is -0.277 e. The first-order valence-corrected chi connectivity index (χ1v) is 6.99. The topological polar surface area (TPSA) is 59.1 Å². The Labute approximate surface area is 117 Å². The van der Waals surface area contributed by atoms with E-state index in [4.69, 9.17) is 0 Å². The second-order valence-electron chi connectivity index (χ2n) is 3.96. The van der Waals surface area contributed by atoms with Gasteiger partial charge in [0.25, 0.3) is 10.0 Å². The van der Waals surface area contributed by atoms with Gasteiger partial charge in [-0.05, 0) is 24.3 Å². The monoisotopic (exact) mass is 320 g/mol. The zero-order chi connectivity index (χ0) is 15.7. The Morgan fingerprint density at radius 2 is 1.81 bits per heavy atom. The molecule has 9 heteroatoms. The van der Waals surface area contributed by atoms with Crippen molar-refractivity contribution < 1.29 is 26.0 Å². The standard InChI is InChI=1S/C12H8F4N2O2S/c13-11-9(12(14,15)16)4-1-5-10(11)18-21(19,20)8-3-2-6-17-7-8/h1-7,18H. The highest BCUT2D eigenvalue weighted by molar-refractivity contribution is 7.92. The average Bonchev–Trinajstić information content (AvgIpc) is 2.41. The van der Waals surface area contributed by atoms with Crippen LogP contribution >= 0.6 is 0 Å². The lowest BCUT2D eigenvalue weighted by Gasteiger charge is -2.12. The average molecular weight is 320 g/mol. The molecule has 0 amide bonds. The summed E-state index contributed by atoms with van der Waals surface area (Å²) in [5, 5.41) is 0. The van der Waals surface area contributed by atoms with Crippen LogP contribution in [0.3, 0.4) is 0 Å². The molecule has 0 aliphatic carbocycles. The van der Waals surface area contributed by atoms with E-state index in [0.29, 0.717) is 6.07 Å². The fraction of sp³-hybridized carbons (Fsp3) is 0.0833. The van der Waals surface area contributed by atoms with E-state index in [2.05, 4.69) is 4.98 Å². The number of nitrogens with zero attached hydrogens (tertiary/aromatic N) is 1. The summed E-state index contributed by atoms with van der Waals surface area (Å²) in [4.78, 5) is 3.29. The van der Waals surface area contributed by atoms with Crippen molar-refractivity contribution in [2.24, 2.45) is 0 Å². The van der Waals surface area contributed by atoms with Crippen LogP contribution in [0, 0.1) is 5.82 Å². The summed E-state index contributed by atoms with van der Waals surface area (Å²) in [6.07, 6.45) is -2.60. The third-order valence-electron chi connectivity index (χ3n) is 2.49. The van der Waals surface area contributed by atoms with E-state index < -0.39 is 33.3 Å². The fourth-order valence-corrected chi connectivity index (χ4v) is 2.56. The number of nitrogens with one attached hydrogen (secondary N) is 1. The summed E-state index contributed by atoms with van der Waals surface area (Å²) < 4.78 is 77.0. The molecule has 2 aromatic rings. The number of pyridine rings is 1. The van der Waals surface area contributed by atoms with Gasteiger partial charge >= 0.3 is 6.18 Å². The molecular weight excluding hydrogens is 312 g/mol. The third-order valence-corrected chi connectivity index (χ3v) is 3.84. The quantitative estimate of drug-likeness (QED) is 0.884. The molecule has 0 saturated heterocycles. The predicted octanol–water partition coefficient (Wildman–Crippen LogP) is 3.04. The van der Waals surface area contributed by atoms with E-state index in [1.807, 2.05) is 0 Å². The second-order valence-corrected chi connectivity index (χ2v) is 5.64. The van der Waals surface area contributed by atoms with Gasteiger partial charge in [-0.2, -0.15) is 13.2 Å². The maximum Gasteiger partial charge on any atom is 0.419 e. The van der Waals surface area contributed by atoms with Gasteiger partial charge in [-0.15, -0.1) is 0 Å². The maximum atomic E-state index is 13.8. The molecule has 21 heavy (non-hydrogen) atoms. The van der Waals surface area contributed by atoms with Crippen LogP contribution in [0.1, 0.15) is 5.56 Å². The molecule has 1 heterocycles. The van der Waals surface area contributed by atoms with Gasteiger partial charge in [0.15, 0.2) is 5.82 Å². The Balaban J connectivity index is 2.42. The van der Waals surface area contributed by atoms with Gasteiger partial charge in [0.2, 0.25) is 0 Å². The third kappa shape index (κ3) is 3.30. The van der Waals surface area contributed by atoms with Crippen LogP contribution in [0.15, 0.2) is 47.6 Å². The second kappa shape index (κ2) is 5.32. The van der Waals surface area contributed by atoms with Crippen molar-refractivity contribution in [3.05, 3.63) is 54.1 Å². The highest BCUT2D eigenvalue weighted by Gasteiger charge is 2.35. The van der Waals surface area contributed by atoms with Crippen LogP contribution in [0.5, 0.6) is 0 Å². The number of hydrogen-bond donors (Lipinski definition) is 1. The van der Waals surface area contributed by atoms with E-state index >= 15 is 0 Å². The summed E-state index contributed by atoms with van der Waals surface area (Å²) in [5.74, 6) is -1.68. The molecule has 0 fully saturated rings. The Morgan fingerprint density at radius 1 is 1.10 bits per heavy atom. The zero-order valence-corrected chi connectivity index (χ0v) is 11.0. The van der Waals surface area contributed by atoms with E-state index in [1.165, 1.54) is 18.3 Å². The Kier molecular flexibility index (Phi) is 3.86. The summed E-state index contributed by atoms with van der Waals surface area (Å²) in [5.41, 5.74) is -2.33. The van der Waals surface area contributed by atoms with Crippen LogP contribution in [-0.4, -0.2) is 13.4 Å². The van der Waals surface area contributed by atoms with E-state index in [-0.39, 0.29) is 4.90 Å².